The van der Waals surface area contributed by atoms with Crippen molar-refractivity contribution in [3.63, 3.8) is 0 Å². The van der Waals surface area contributed by atoms with Crippen LogP contribution in [0.15, 0.2) is 0 Å². The Morgan fingerprint density at radius 2 is 1.36 bits per heavy atom. The third-order valence-electron chi connectivity index (χ3n) is 3.89. The van der Waals surface area contributed by atoms with E-state index in [9.17, 15) is 4.79 Å². The Hall–Kier alpha value is -0.220. The van der Waals surface area contributed by atoms with Gasteiger partial charge in [-0.15, -0.1) is 0 Å². The molecule has 0 aromatic rings. The van der Waals surface area contributed by atoms with Crippen LogP contribution in [0.2, 0.25) is 0 Å². The van der Waals surface area contributed by atoms with E-state index in [0.29, 0.717) is 12.4 Å². The van der Waals surface area contributed by atoms with Crippen LogP contribution in [0.3, 0.4) is 0 Å². The molecule has 0 amide bonds. The van der Waals surface area contributed by atoms with Crippen molar-refractivity contribution in [1.82, 2.24) is 0 Å². The third-order valence-corrected chi connectivity index (χ3v) is 4.58. The maximum absolute atomic E-state index is 11.5. The monoisotopic (exact) mass is 331 g/mol. The summed E-state index contributed by atoms with van der Waals surface area (Å²) in [7, 11) is 0. The Morgan fingerprint density at radius 3 is 1.82 bits per heavy atom. The Bertz CT molecular complexity index is 249. The predicted molar refractivity (Wildman–Crippen MR) is 98.4 cm³/mol. The molecule has 132 valence electrons. The fourth-order valence-electron chi connectivity index (χ4n) is 2.47. The highest BCUT2D eigenvalue weighted by atomic mass is 32.2. The first-order chi connectivity index (χ1) is 10.7. The lowest BCUT2D eigenvalue weighted by atomic mass is 10.1. The van der Waals surface area contributed by atoms with Crippen molar-refractivity contribution in [3.8, 4) is 0 Å². The van der Waals surface area contributed by atoms with Crippen LogP contribution in [0.5, 0.6) is 0 Å². The lowest BCUT2D eigenvalue weighted by molar-refractivity contribution is -0.144. The third kappa shape index (κ3) is 14.7. The number of carbonyl (C=O) groups is 1. The van der Waals surface area contributed by atoms with Crippen molar-refractivity contribution in [2.24, 2.45) is 5.73 Å². The number of rotatable bonds is 16. The van der Waals surface area contributed by atoms with Gasteiger partial charge in [-0.1, -0.05) is 77.6 Å². The van der Waals surface area contributed by atoms with Crippen LogP contribution < -0.4 is 5.73 Å². The van der Waals surface area contributed by atoms with E-state index in [1.807, 2.05) is 6.26 Å². The number of carbonyl (C=O) groups excluding carboxylic acids is 1. The van der Waals surface area contributed by atoms with E-state index in [2.05, 4.69) is 6.92 Å². The molecule has 0 aliphatic rings. The van der Waals surface area contributed by atoms with Crippen LogP contribution in [-0.2, 0) is 9.53 Å². The van der Waals surface area contributed by atoms with Crippen LogP contribution in [0.25, 0.3) is 0 Å². The summed E-state index contributed by atoms with van der Waals surface area (Å²) in [6, 6.07) is -0.465. The topological polar surface area (TPSA) is 52.3 Å². The van der Waals surface area contributed by atoms with Crippen LogP contribution in [0.4, 0.5) is 0 Å². The first-order valence-corrected chi connectivity index (χ1v) is 10.5. The van der Waals surface area contributed by atoms with Crippen LogP contribution in [0.1, 0.15) is 84.0 Å². The highest BCUT2D eigenvalue weighted by Gasteiger charge is 2.13. The molecular weight excluding hydrogens is 294 g/mol. The standard InChI is InChI=1S/C18H37NO2S/c1-3-4-5-6-7-8-9-10-11-12-13-14-15-21-18(20)17(19)16-22-2/h17H,3-16,19H2,1-2H3/t17-/m0/s1. The van der Waals surface area contributed by atoms with E-state index in [1.165, 1.54) is 64.2 Å². The second-order valence-corrected chi connectivity index (χ2v) is 7.03. The van der Waals surface area contributed by atoms with Crippen molar-refractivity contribution >= 4 is 17.7 Å². The molecule has 0 aromatic heterocycles. The molecule has 0 rings (SSSR count). The van der Waals surface area contributed by atoms with E-state index in [1.54, 1.807) is 11.8 Å². The van der Waals surface area contributed by atoms with E-state index < -0.39 is 6.04 Å². The normalized spacial score (nSPS) is 12.3. The van der Waals surface area contributed by atoms with Gasteiger partial charge in [0.15, 0.2) is 0 Å². The number of esters is 1. The Kier molecular flexibility index (Phi) is 17.0. The van der Waals surface area contributed by atoms with Gasteiger partial charge in [-0.25, -0.2) is 0 Å². The fourth-order valence-corrected chi connectivity index (χ4v) is 2.97. The number of unbranched alkanes of at least 4 members (excludes halogenated alkanes) is 11. The molecule has 0 heterocycles. The number of hydrogen-bond donors (Lipinski definition) is 1. The molecule has 0 unspecified atom stereocenters. The molecule has 1 atom stereocenters. The van der Waals surface area contributed by atoms with Crippen LogP contribution in [-0.4, -0.2) is 30.6 Å². The first-order valence-electron chi connectivity index (χ1n) is 9.13. The Balaban J connectivity index is 3.16. The van der Waals surface area contributed by atoms with E-state index >= 15 is 0 Å². The average molecular weight is 332 g/mol. The van der Waals surface area contributed by atoms with Crippen molar-refractivity contribution in [3.05, 3.63) is 0 Å². The second kappa shape index (κ2) is 17.1. The van der Waals surface area contributed by atoms with Gasteiger partial charge in [-0.05, 0) is 12.7 Å². The molecule has 0 fully saturated rings. The van der Waals surface area contributed by atoms with Gasteiger partial charge < -0.3 is 10.5 Å². The zero-order valence-electron chi connectivity index (χ0n) is 14.8. The summed E-state index contributed by atoms with van der Waals surface area (Å²) in [5.74, 6) is 0.384. The zero-order chi connectivity index (χ0) is 16.5. The molecule has 0 radical (unpaired) electrons. The molecule has 0 saturated carbocycles. The first kappa shape index (κ1) is 21.8. The largest absolute Gasteiger partial charge is 0.465 e. The highest BCUT2D eigenvalue weighted by Crippen LogP contribution is 2.12. The minimum absolute atomic E-state index is 0.252. The highest BCUT2D eigenvalue weighted by molar-refractivity contribution is 7.98. The maximum Gasteiger partial charge on any atom is 0.323 e. The number of nitrogens with two attached hydrogens (primary N) is 1. The SMILES string of the molecule is CCCCCCCCCCCCCCOC(=O)[C@@H](N)CSC. The molecule has 0 saturated heterocycles. The van der Waals surface area contributed by atoms with E-state index in [4.69, 9.17) is 10.5 Å². The van der Waals surface area contributed by atoms with Gasteiger partial charge in [0.25, 0.3) is 0 Å². The van der Waals surface area contributed by atoms with Gasteiger partial charge in [-0.2, -0.15) is 11.8 Å². The number of hydrogen-bond acceptors (Lipinski definition) is 4. The quantitative estimate of drug-likeness (QED) is 0.322. The van der Waals surface area contributed by atoms with Crippen molar-refractivity contribution in [2.75, 3.05) is 18.6 Å². The van der Waals surface area contributed by atoms with Gasteiger partial charge >= 0.3 is 5.97 Å². The summed E-state index contributed by atoms with van der Waals surface area (Å²) in [5, 5.41) is 0. The summed E-state index contributed by atoms with van der Waals surface area (Å²) in [6.45, 7) is 2.79. The predicted octanol–water partition coefficient (Wildman–Crippen LogP) is 4.92. The molecule has 0 bridgehead atoms. The molecule has 2 N–H and O–H groups in total. The summed E-state index contributed by atoms with van der Waals surface area (Å²) < 4.78 is 5.17. The molecular formula is C18H37NO2S. The summed E-state index contributed by atoms with van der Waals surface area (Å²) in [6.07, 6.45) is 17.7. The molecule has 0 aliphatic carbocycles. The zero-order valence-corrected chi connectivity index (χ0v) is 15.6. The van der Waals surface area contributed by atoms with Crippen molar-refractivity contribution in [1.29, 1.82) is 0 Å². The fraction of sp³-hybridized carbons (Fsp3) is 0.944. The molecule has 0 spiro atoms. The average Bonchev–Trinajstić information content (AvgIpc) is 2.51. The molecule has 4 heteroatoms. The van der Waals surface area contributed by atoms with Gasteiger partial charge in [-0.3, -0.25) is 4.79 Å². The second-order valence-electron chi connectivity index (χ2n) is 6.12. The van der Waals surface area contributed by atoms with E-state index in [0.717, 1.165) is 12.8 Å². The minimum Gasteiger partial charge on any atom is -0.465 e. The Labute approximate surface area is 142 Å². The van der Waals surface area contributed by atoms with Gasteiger partial charge in [0.05, 0.1) is 6.61 Å². The lowest BCUT2D eigenvalue weighted by Gasteiger charge is -2.10. The van der Waals surface area contributed by atoms with Crippen LogP contribution in [0, 0.1) is 0 Å². The van der Waals surface area contributed by atoms with Crippen molar-refractivity contribution < 1.29 is 9.53 Å². The summed E-state index contributed by atoms with van der Waals surface area (Å²) in [4.78, 5) is 11.5. The molecule has 22 heavy (non-hydrogen) atoms. The summed E-state index contributed by atoms with van der Waals surface area (Å²) in [5.41, 5.74) is 5.68. The van der Waals surface area contributed by atoms with Crippen molar-refractivity contribution in [2.45, 2.75) is 90.0 Å². The van der Waals surface area contributed by atoms with Gasteiger partial charge in [0, 0.05) is 5.75 Å². The number of thioether (sulfide) groups is 1. The smallest absolute Gasteiger partial charge is 0.323 e. The van der Waals surface area contributed by atoms with Gasteiger partial charge in [0.2, 0.25) is 0 Å². The van der Waals surface area contributed by atoms with Crippen LogP contribution >= 0.6 is 11.8 Å². The molecule has 3 nitrogen and oxygen atoms in total. The number of ether oxygens (including phenoxy) is 1. The summed E-state index contributed by atoms with van der Waals surface area (Å²) >= 11 is 1.57. The Morgan fingerprint density at radius 1 is 0.909 bits per heavy atom. The molecule has 0 aromatic carbocycles. The van der Waals surface area contributed by atoms with E-state index in [-0.39, 0.29) is 5.97 Å². The lowest BCUT2D eigenvalue weighted by Crippen LogP contribution is -2.34. The molecule has 0 aliphatic heterocycles. The van der Waals surface area contributed by atoms with Gasteiger partial charge in [0.1, 0.15) is 6.04 Å². The minimum atomic E-state index is -0.465. The maximum atomic E-state index is 11.5.